The predicted octanol–water partition coefficient (Wildman–Crippen LogP) is 3.44. The molecule has 0 radical (unpaired) electrons. The van der Waals surface area contributed by atoms with Crippen molar-refractivity contribution in [2.24, 2.45) is 11.3 Å². The van der Waals surface area contributed by atoms with E-state index in [2.05, 4.69) is 33.5 Å². The van der Waals surface area contributed by atoms with E-state index in [-0.39, 0.29) is 11.9 Å². The summed E-state index contributed by atoms with van der Waals surface area (Å²) in [5, 5.41) is 0. The van der Waals surface area contributed by atoms with E-state index in [1.165, 1.54) is 5.57 Å². The molecule has 130 valence electrons. The van der Waals surface area contributed by atoms with E-state index in [4.69, 9.17) is 9.47 Å². The number of esters is 1. The number of benzene rings is 1. The van der Waals surface area contributed by atoms with Crippen molar-refractivity contribution in [2.75, 3.05) is 33.9 Å². The first-order chi connectivity index (χ1) is 11.4. The quantitative estimate of drug-likeness (QED) is 0.548. The Kier molecular flexibility index (Phi) is 5.02. The highest BCUT2D eigenvalue weighted by Crippen LogP contribution is 2.52. The number of nitrogens with zero attached hydrogens (tertiary/aromatic N) is 1. The number of ether oxygens (including phenoxy) is 2. The summed E-state index contributed by atoms with van der Waals surface area (Å²) in [6, 6.07) is 6.09. The molecule has 1 heterocycles. The molecule has 1 aliphatic heterocycles. The van der Waals surface area contributed by atoms with Gasteiger partial charge in [0, 0.05) is 12.5 Å². The number of allylic oxidation sites excluding steroid dienone is 1. The summed E-state index contributed by atoms with van der Waals surface area (Å²) < 4.78 is 12.1. The van der Waals surface area contributed by atoms with Crippen molar-refractivity contribution in [3.63, 3.8) is 0 Å². The number of carbonyl (C=O) groups excluding carboxylic acids is 1. The standard InChI is InChI=1S/C19H24BrNO3/c1-13-8-15-12-24-18(22)19(15,10-13)11-14-4-5-17(16(20)9-14)23-7-6-21(2)3/h4-5,9,15H,1,6-8,10-12H2,2-3H3. The van der Waals surface area contributed by atoms with E-state index in [9.17, 15) is 4.79 Å². The highest BCUT2D eigenvalue weighted by atomic mass is 79.9. The second kappa shape index (κ2) is 6.89. The molecule has 4 nitrogen and oxygen atoms in total. The molecule has 1 saturated heterocycles. The smallest absolute Gasteiger partial charge is 0.313 e. The molecule has 3 rings (SSSR count). The molecule has 0 bridgehead atoms. The molecule has 0 amide bonds. The van der Waals surface area contributed by atoms with Crippen LogP contribution in [0.15, 0.2) is 34.8 Å². The molecule has 1 aliphatic carbocycles. The van der Waals surface area contributed by atoms with Crippen LogP contribution in [0, 0.1) is 11.3 Å². The molecule has 5 heteroatoms. The zero-order valence-corrected chi connectivity index (χ0v) is 15.9. The zero-order chi connectivity index (χ0) is 17.3. The van der Waals surface area contributed by atoms with Crippen LogP contribution in [0.5, 0.6) is 5.75 Å². The highest BCUT2D eigenvalue weighted by molar-refractivity contribution is 9.10. The lowest BCUT2D eigenvalue weighted by Gasteiger charge is -2.24. The number of cyclic esters (lactones) is 1. The summed E-state index contributed by atoms with van der Waals surface area (Å²) in [5.41, 5.74) is 1.88. The molecule has 0 aromatic heterocycles. The van der Waals surface area contributed by atoms with Gasteiger partial charge in [-0.2, -0.15) is 0 Å². The van der Waals surface area contributed by atoms with Crippen molar-refractivity contribution < 1.29 is 14.3 Å². The van der Waals surface area contributed by atoms with Crippen molar-refractivity contribution in [3.8, 4) is 5.75 Å². The van der Waals surface area contributed by atoms with E-state index in [1.54, 1.807) is 0 Å². The number of carbonyl (C=O) groups is 1. The third kappa shape index (κ3) is 3.38. The van der Waals surface area contributed by atoms with Gasteiger partial charge in [-0.15, -0.1) is 0 Å². The van der Waals surface area contributed by atoms with Gasteiger partial charge in [0.05, 0.1) is 16.5 Å². The van der Waals surface area contributed by atoms with Crippen LogP contribution in [0.3, 0.4) is 0 Å². The van der Waals surface area contributed by atoms with Crippen LogP contribution in [-0.4, -0.2) is 44.7 Å². The van der Waals surface area contributed by atoms with E-state index < -0.39 is 5.41 Å². The van der Waals surface area contributed by atoms with Gasteiger partial charge in [0.15, 0.2) is 0 Å². The van der Waals surface area contributed by atoms with Crippen molar-refractivity contribution in [2.45, 2.75) is 19.3 Å². The van der Waals surface area contributed by atoms with Gasteiger partial charge in [-0.1, -0.05) is 18.2 Å². The van der Waals surface area contributed by atoms with Crippen LogP contribution in [0.2, 0.25) is 0 Å². The number of likely N-dealkylation sites (N-methyl/N-ethyl adjacent to an activating group) is 1. The van der Waals surface area contributed by atoms with Crippen molar-refractivity contribution in [1.82, 2.24) is 4.90 Å². The van der Waals surface area contributed by atoms with Gasteiger partial charge in [-0.25, -0.2) is 0 Å². The number of hydrogen-bond acceptors (Lipinski definition) is 4. The van der Waals surface area contributed by atoms with Crippen molar-refractivity contribution >= 4 is 21.9 Å². The minimum atomic E-state index is -0.413. The molecule has 2 aliphatic rings. The van der Waals surface area contributed by atoms with Crippen molar-refractivity contribution in [1.29, 1.82) is 0 Å². The van der Waals surface area contributed by atoms with E-state index in [0.717, 1.165) is 35.2 Å². The Morgan fingerprint density at radius 1 is 1.46 bits per heavy atom. The van der Waals surface area contributed by atoms with Crippen LogP contribution in [0.1, 0.15) is 18.4 Å². The summed E-state index contributed by atoms with van der Waals surface area (Å²) in [6.45, 7) is 6.14. The molecule has 2 unspecified atom stereocenters. The van der Waals surface area contributed by atoms with Crippen LogP contribution in [0.25, 0.3) is 0 Å². The Balaban J connectivity index is 1.72. The molecular weight excluding hydrogens is 370 g/mol. The van der Waals surface area contributed by atoms with Crippen LogP contribution in [0.4, 0.5) is 0 Å². The van der Waals surface area contributed by atoms with E-state index in [0.29, 0.717) is 19.6 Å². The van der Waals surface area contributed by atoms with Gasteiger partial charge in [0.2, 0.25) is 0 Å². The Hall–Kier alpha value is -1.33. The van der Waals surface area contributed by atoms with Gasteiger partial charge in [0.25, 0.3) is 0 Å². The third-order valence-corrected chi connectivity index (χ3v) is 5.64. The number of fused-ring (bicyclic) bond motifs is 1. The van der Waals surface area contributed by atoms with Crippen LogP contribution < -0.4 is 4.74 Å². The summed E-state index contributed by atoms with van der Waals surface area (Å²) in [7, 11) is 4.04. The minimum absolute atomic E-state index is 0.0615. The second-order valence-electron chi connectivity index (χ2n) is 7.18. The first-order valence-corrected chi connectivity index (χ1v) is 9.10. The average molecular weight is 394 g/mol. The monoisotopic (exact) mass is 393 g/mol. The van der Waals surface area contributed by atoms with Gasteiger partial charge >= 0.3 is 5.97 Å². The first-order valence-electron chi connectivity index (χ1n) is 8.30. The summed E-state index contributed by atoms with van der Waals surface area (Å²) in [6.07, 6.45) is 2.35. The lowest BCUT2D eigenvalue weighted by molar-refractivity contribution is -0.146. The lowest BCUT2D eigenvalue weighted by atomic mass is 9.75. The summed E-state index contributed by atoms with van der Waals surface area (Å²) in [5.74, 6) is 1.04. The predicted molar refractivity (Wildman–Crippen MR) is 97.2 cm³/mol. The van der Waals surface area contributed by atoms with Gasteiger partial charge in [0.1, 0.15) is 12.4 Å². The Morgan fingerprint density at radius 2 is 2.25 bits per heavy atom. The Labute approximate surface area is 151 Å². The zero-order valence-electron chi connectivity index (χ0n) is 14.3. The molecule has 2 fully saturated rings. The SMILES string of the molecule is C=C1CC2COC(=O)C2(Cc2ccc(OCCN(C)C)c(Br)c2)C1. The van der Waals surface area contributed by atoms with E-state index in [1.807, 2.05) is 26.2 Å². The number of hydrogen-bond donors (Lipinski definition) is 0. The first kappa shape index (κ1) is 17.5. The number of rotatable bonds is 6. The normalized spacial score (nSPS) is 25.9. The van der Waals surface area contributed by atoms with Gasteiger partial charge in [-0.05, 0) is 67.0 Å². The molecule has 2 atom stereocenters. The maximum Gasteiger partial charge on any atom is 0.313 e. The lowest BCUT2D eigenvalue weighted by Crippen LogP contribution is -2.31. The third-order valence-electron chi connectivity index (χ3n) is 5.02. The molecule has 1 saturated carbocycles. The fraction of sp³-hybridized carbons (Fsp3) is 0.526. The molecular formula is C19H24BrNO3. The largest absolute Gasteiger partial charge is 0.491 e. The second-order valence-corrected chi connectivity index (χ2v) is 8.03. The fourth-order valence-corrected chi connectivity index (χ4v) is 4.28. The maximum absolute atomic E-state index is 12.4. The summed E-state index contributed by atoms with van der Waals surface area (Å²) in [4.78, 5) is 14.5. The van der Waals surface area contributed by atoms with Gasteiger partial charge in [-0.3, -0.25) is 4.79 Å². The number of halogens is 1. The molecule has 0 N–H and O–H groups in total. The van der Waals surface area contributed by atoms with Crippen molar-refractivity contribution in [3.05, 3.63) is 40.4 Å². The van der Waals surface area contributed by atoms with E-state index >= 15 is 0 Å². The minimum Gasteiger partial charge on any atom is -0.491 e. The average Bonchev–Trinajstić information content (AvgIpc) is 2.96. The summed E-state index contributed by atoms with van der Waals surface area (Å²) >= 11 is 3.59. The topological polar surface area (TPSA) is 38.8 Å². The molecule has 0 spiro atoms. The highest BCUT2D eigenvalue weighted by Gasteiger charge is 2.55. The van der Waals surface area contributed by atoms with Crippen LogP contribution >= 0.6 is 15.9 Å². The molecule has 24 heavy (non-hydrogen) atoms. The Morgan fingerprint density at radius 3 is 2.96 bits per heavy atom. The fourth-order valence-electron chi connectivity index (χ4n) is 3.74. The Bertz CT molecular complexity index is 658. The van der Waals surface area contributed by atoms with Gasteiger partial charge < -0.3 is 14.4 Å². The van der Waals surface area contributed by atoms with Crippen LogP contribution in [-0.2, 0) is 16.0 Å². The molecule has 1 aromatic rings. The molecule has 1 aromatic carbocycles. The maximum atomic E-state index is 12.4.